The lowest BCUT2D eigenvalue weighted by Gasteiger charge is -2.07. The number of aromatic nitrogens is 1. The van der Waals surface area contributed by atoms with E-state index < -0.39 is 0 Å². The van der Waals surface area contributed by atoms with Crippen molar-refractivity contribution in [2.45, 2.75) is 13.3 Å². The lowest BCUT2D eigenvalue weighted by Crippen LogP contribution is -1.96. The Morgan fingerprint density at radius 1 is 1.69 bits per heavy atom. The molecule has 1 rings (SSSR count). The van der Waals surface area contributed by atoms with Gasteiger partial charge in [0.05, 0.1) is 12.1 Å². The number of rotatable bonds is 2. The fraction of sp³-hybridized carbons (Fsp3) is 0.333. The van der Waals surface area contributed by atoms with Gasteiger partial charge in [0.15, 0.2) is 11.4 Å². The molecule has 0 bridgehead atoms. The average Bonchev–Trinajstić information content (AvgIpc) is 2.17. The van der Waals surface area contributed by atoms with Crippen LogP contribution in [0, 0.1) is 11.3 Å². The summed E-state index contributed by atoms with van der Waals surface area (Å²) in [5.41, 5.74) is 1.11. The minimum atomic E-state index is 0.227. The number of hydrogen-bond donors (Lipinski definition) is 0. The molecule has 1 aromatic heterocycles. The molecule has 0 spiro atoms. The number of nitrogens with zero attached hydrogens (tertiary/aromatic N) is 2. The van der Waals surface area contributed by atoms with Crippen LogP contribution in [-0.2, 0) is 6.42 Å². The molecule has 13 heavy (non-hydrogen) atoms. The van der Waals surface area contributed by atoms with Crippen LogP contribution in [0.1, 0.15) is 18.2 Å². The van der Waals surface area contributed by atoms with Gasteiger partial charge in [0.25, 0.3) is 0 Å². The number of methoxy groups -OCH3 is 1. The van der Waals surface area contributed by atoms with E-state index in [4.69, 9.17) is 21.6 Å². The molecule has 0 amide bonds. The summed E-state index contributed by atoms with van der Waals surface area (Å²) in [4.78, 5) is 3.93. The highest BCUT2D eigenvalue weighted by Gasteiger charge is 2.11. The summed E-state index contributed by atoms with van der Waals surface area (Å²) in [6.07, 6.45) is 2.37. The van der Waals surface area contributed by atoms with Gasteiger partial charge in [-0.05, 0) is 12.0 Å². The normalized spacial score (nSPS) is 9.38. The minimum absolute atomic E-state index is 0.227. The van der Waals surface area contributed by atoms with Crippen LogP contribution in [0.25, 0.3) is 0 Å². The maximum absolute atomic E-state index is 8.69. The molecular weight excluding hydrogens is 188 g/mol. The zero-order chi connectivity index (χ0) is 9.84. The highest BCUT2D eigenvalue weighted by molar-refractivity contribution is 6.33. The lowest BCUT2D eigenvalue weighted by atomic mass is 10.2. The molecule has 0 aliphatic rings. The van der Waals surface area contributed by atoms with Crippen LogP contribution < -0.4 is 4.74 Å². The average molecular weight is 197 g/mol. The van der Waals surface area contributed by atoms with Gasteiger partial charge in [0, 0.05) is 6.20 Å². The van der Waals surface area contributed by atoms with Crippen molar-refractivity contribution >= 4 is 11.6 Å². The summed E-state index contributed by atoms with van der Waals surface area (Å²) < 4.78 is 4.99. The van der Waals surface area contributed by atoms with Gasteiger partial charge in [-0.1, -0.05) is 18.5 Å². The molecule has 1 aromatic rings. The van der Waals surface area contributed by atoms with Crippen molar-refractivity contribution < 1.29 is 4.74 Å². The van der Waals surface area contributed by atoms with E-state index in [9.17, 15) is 0 Å². The second-order valence-corrected chi connectivity index (χ2v) is 2.82. The molecule has 0 aliphatic carbocycles. The van der Waals surface area contributed by atoms with Crippen molar-refractivity contribution in [3.05, 3.63) is 22.5 Å². The highest BCUT2D eigenvalue weighted by atomic mass is 35.5. The van der Waals surface area contributed by atoms with Gasteiger partial charge in [-0.2, -0.15) is 5.26 Å². The number of aryl methyl sites for hydroxylation is 1. The summed E-state index contributed by atoms with van der Waals surface area (Å²) >= 11 is 5.98. The second kappa shape index (κ2) is 4.11. The van der Waals surface area contributed by atoms with Gasteiger partial charge in [0.2, 0.25) is 0 Å². The van der Waals surface area contributed by atoms with Crippen molar-refractivity contribution in [3.8, 4) is 11.8 Å². The van der Waals surface area contributed by atoms with Crippen LogP contribution in [0.15, 0.2) is 6.20 Å². The first-order chi connectivity index (χ1) is 6.24. The number of halogens is 1. The van der Waals surface area contributed by atoms with Gasteiger partial charge in [-0.15, -0.1) is 0 Å². The topological polar surface area (TPSA) is 45.9 Å². The van der Waals surface area contributed by atoms with E-state index in [0.29, 0.717) is 10.8 Å². The van der Waals surface area contributed by atoms with Gasteiger partial charge < -0.3 is 4.74 Å². The van der Waals surface area contributed by atoms with Crippen LogP contribution in [0.3, 0.4) is 0 Å². The van der Waals surface area contributed by atoms with Gasteiger partial charge >= 0.3 is 0 Å². The van der Waals surface area contributed by atoms with Gasteiger partial charge in [0.1, 0.15) is 6.07 Å². The molecule has 0 N–H and O–H groups in total. The standard InChI is InChI=1S/C9H9ClN2O/c1-3-6-5-12-7(4-11)9(13-2)8(6)10/h5H,3H2,1-2H3. The molecule has 0 aromatic carbocycles. The predicted molar refractivity (Wildman–Crippen MR) is 49.9 cm³/mol. The monoisotopic (exact) mass is 196 g/mol. The van der Waals surface area contributed by atoms with Crippen LogP contribution in [0.5, 0.6) is 5.75 Å². The number of pyridine rings is 1. The molecule has 0 unspecified atom stereocenters. The van der Waals surface area contributed by atoms with Gasteiger partial charge in [-0.3, -0.25) is 0 Å². The van der Waals surface area contributed by atoms with E-state index in [1.54, 1.807) is 6.20 Å². The molecule has 0 atom stereocenters. The maximum atomic E-state index is 8.69. The van der Waals surface area contributed by atoms with E-state index in [1.807, 2.05) is 13.0 Å². The Labute approximate surface area is 81.9 Å². The zero-order valence-electron chi connectivity index (χ0n) is 7.47. The smallest absolute Gasteiger partial charge is 0.184 e. The van der Waals surface area contributed by atoms with E-state index in [1.165, 1.54) is 7.11 Å². The Kier molecular flexibility index (Phi) is 3.10. The summed E-state index contributed by atoms with van der Waals surface area (Å²) in [5, 5.41) is 9.17. The van der Waals surface area contributed by atoms with Crippen molar-refractivity contribution in [1.29, 1.82) is 5.26 Å². The summed E-state index contributed by atoms with van der Waals surface area (Å²) in [6.45, 7) is 1.97. The quantitative estimate of drug-likeness (QED) is 0.729. The number of nitriles is 1. The lowest BCUT2D eigenvalue weighted by molar-refractivity contribution is 0.411. The Hall–Kier alpha value is -1.27. The van der Waals surface area contributed by atoms with Crippen LogP contribution in [-0.4, -0.2) is 12.1 Å². The Morgan fingerprint density at radius 3 is 2.85 bits per heavy atom. The fourth-order valence-corrected chi connectivity index (χ4v) is 1.37. The maximum Gasteiger partial charge on any atom is 0.184 e. The highest BCUT2D eigenvalue weighted by Crippen LogP contribution is 2.30. The number of ether oxygens (including phenoxy) is 1. The van der Waals surface area contributed by atoms with E-state index in [-0.39, 0.29) is 5.69 Å². The molecular formula is C9H9ClN2O. The minimum Gasteiger partial charge on any atom is -0.492 e. The third-order valence-electron chi connectivity index (χ3n) is 1.74. The summed E-state index contributed by atoms with van der Waals surface area (Å²) in [7, 11) is 1.48. The molecule has 0 aliphatic heterocycles. The van der Waals surface area contributed by atoms with Crippen molar-refractivity contribution in [1.82, 2.24) is 4.98 Å². The number of hydrogen-bond acceptors (Lipinski definition) is 3. The first kappa shape index (κ1) is 9.82. The molecule has 3 nitrogen and oxygen atoms in total. The largest absolute Gasteiger partial charge is 0.492 e. The van der Waals surface area contributed by atoms with E-state index >= 15 is 0 Å². The molecule has 0 saturated carbocycles. The Bertz CT molecular complexity index is 357. The van der Waals surface area contributed by atoms with E-state index in [0.717, 1.165) is 12.0 Å². The van der Waals surface area contributed by atoms with Crippen molar-refractivity contribution in [2.75, 3.05) is 7.11 Å². The Morgan fingerprint density at radius 2 is 2.38 bits per heavy atom. The molecule has 68 valence electrons. The van der Waals surface area contributed by atoms with Crippen molar-refractivity contribution in [2.24, 2.45) is 0 Å². The van der Waals surface area contributed by atoms with Gasteiger partial charge in [-0.25, -0.2) is 4.98 Å². The molecule has 0 fully saturated rings. The molecule has 4 heteroatoms. The second-order valence-electron chi connectivity index (χ2n) is 2.44. The first-order valence-corrected chi connectivity index (χ1v) is 4.23. The molecule has 0 radical (unpaired) electrons. The van der Waals surface area contributed by atoms with Crippen LogP contribution in [0.4, 0.5) is 0 Å². The third kappa shape index (κ3) is 1.73. The predicted octanol–water partition coefficient (Wildman–Crippen LogP) is 2.18. The zero-order valence-corrected chi connectivity index (χ0v) is 8.22. The SMILES string of the molecule is CCc1cnc(C#N)c(OC)c1Cl. The fourth-order valence-electron chi connectivity index (χ4n) is 1.02. The Balaban J connectivity index is 3.34. The van der Waals surface area contributed by atoms with Crippen LogP contribution in [0.2, 0.25) is 5.02 Å². The third-order valence-corrected chi connectivity index (χ3v) is 2.15. The first-order valence-electron chi connectivity index (χ1n) is 3.86. The van der Waals surface area contributed by atoms with Crippen LogP contribution >= 0.6 is 11.6 Å². The summed E-state index contributed by atoms with van der Waals surface area (Å²) in [5.74, 6) is 0.364. The molecule has 1 heterocycles. The molecule has 0 saturated heterocycles. The van der Waals surface area contributed by atoms with Crippen molar-refractivity contribution in [3.63, 3.8) is 0 Å². The van der Waals surface area contributed by atoms with E-state index in [2.05, 4.69) is 4.98 Å². The summed E-state index contributed by atoms with van der Waals surface area (Å²) in [6, 6.07) is 1.92.